The molecule has 11 heteroatoms. The fraction of sp³-hybridized carbons (Fsp3) is 0.100. The lowest BCUT2D eigenvalue weighted by molar-refractivity contribution is -2.00. The molecule has 2 aromatic carbocycles. The van der Waals surface area contributed by atoms with Gasteiger partial charge in [0.2, 0.25) is 5.69 Å². The molecule has 3 aromatic rings. The number of nitro groups is 1. The van der Waals surface area contributed by atoms with Crippen molar-refractivity contribution in [2.75, 3.05) is 5.32 Å². The van der Waals surface area contributed by atoms with Gasteiger partial charge in [-0.15, -0.1) is 10.2 Å². The van der Waals surface area contributed by atoms with E-state index < -0.39 is 15.2 Å². The zero-order valence-corrected chi connectivity index (χ0v) is 17.2. The zero-order valence-electron chi connectivity index (χ0n) is 16.5. The summed E-state index contributed by atoms with van der Waals surface area (Å²) in [5.41, 5.74) is 2.79. The summed E-state index contributed by atoms with van der Waals surface area (Å²) in [5, 5.41) is 14.4. The normalized spacial score (nSPS) is 10.6. The molecule has 1 heterocycles. The lowest BCUT2D eigenvalue weighted by Crippen LogP contribution is -2.68. The topological polar surface area (TPSA) is 168 Å². The molecule has 0 unspecified atom stereocenters. The monoisotopic (exact) mass is 447 g/mol. The second-order valence-electron chi connectivity index (χ2n) is 6.26. The maximum Gasteiger partial charge on any atom is 0.342 e. The number of rotatable bonds is 4. The fourth-order valence-corrected chi connectivity index (χ4v) is 2.82. The molecule has 0 aliphatic heterocycles. The molecule has 31 heavy (non-hydrogen) atoms. The van der Waals surface area contributed by atoms with Crippen LogP contribution in [0.25, 0.3) is 11.3 Å². The van der Waals surface area contributed by atoms with Gasteiger partial charge in [0.25, 0.3) is 11.6 Å². The summed E-state index contributed by atoms with van der Waals surface area (Å²) in [6, 6.07) is 19.3. The van der Waals surface area contributed by atoms with Crippen molar-refractivity contribution in [1.29, 1.82) is 0 Å². The van der Waals surface area contributed by atoms with Crippen LogP contribution in [0.1, 0.15) is 16.1 Å². The molecule has 0 bridgehead atoms. The Morgan fingerprint density at radius 1 is 0.968 bits per heavy atom. The number of anilines is 1. The lowest BCUT2D eigenvalue weighted by atomic mass is 10.1. The average Bonchev–Trinajstić information content (AvgIpc) is 2.71. The summed E-state index contributed by atoms with van der Waals surface area (Å²) in [7, 11) is -3.19. The Balaban J connectivity index is 0.000000614. The first kappa shape index (κ1) is 23.9. The van der Waals surface area contributed by atoms with Crippen molar-refractivity contribution in [3.8, 4) is 11.3 Å². The van der Waals surface area contributed by atoms with Crippen LogP contribution in [0.4, 0.5) is 11.4 Å². The number of carbonyl (C=O) groups is 1. The number of hydrogen-bond acceptors (Lipinski definition) is 7. The number of aromatic nitrogens is 1. The van der Waals surface area contributed by atoms with Gasteiger partial charge < -0.3 is 5.32 Å². The minimum Gasteiger partial charge on any atom is -0.317 e. The first-order chi connectivity index (χ1) is 14.5. The van der Waals surface area contributed by atoms with E-state index in [-0.39, 0.29) is 11.6 Å². The van der Waals surface area contributed by atoms with E-state index in [2.05, 4.69) is 5.32 Å². The van der Waals surface area contributed by atoms with Gasteiger partial charge in [-0.1, -0.05) is 36.4 Å². The highest BCUT2D eigenvalue weighted by Gasteiger charge is 2.30. The van der Waals surface area contributed by atoms with Crippen molar-refractivity contribution >= 4 is 17.3 Å². The number of amides is 1. The minimum absolute atomic E-state index is 0.0624. The third-order valence-corrected chi connectivity index (χ3v) is 4.28. The number of nitrogens with zero attached hydrogens (tertiary/aromatic N) is 2. The number of halogens is 1. The Kier molecular flexibility index (Phi) is 7.75. The maximum atomic E-state index is 12.4. The number of pyridine rings is 1. The van der Waals surface area contributed by atoms with Gasteiger partial charge >= 0.3 is 5.69 Å². The quantitative estimate of drug-likeness (QED) is 0.300. The molecular weight excluding hydrogens is 430 g/mol. The number of carbonyl (C=O) groups excluding carboxylic acids is 1. The third kappa shape index (κ3) is 6.81. The Morgan fingerprint density at radius 2 is 1.45 bits per heavy atom. The van der Waals surface area contributed by atoms with Crippen LogP contribution in [0.2, 0.25) is 0 Å². The third-order valence-electron chi connectivity index (χ3n) is 4.28. The summed E-state index contributed by atoms with van der Waals surface area (Å²) in [4.78, 5) is 23.6. The maximum absolute atomic E-state index is 12.4. The van der Waals surface area contributed by atoms with Crippen LogP contribution in [0.15, 0.2) is 66.7 Å². The second-order valence-corrected chi connectivity index (χ2v) is 7.01. The van der Waals surface area contributed by atoms with Gasteiger partial charge in [-0.3, -0.25) is 14.9 Å². The van der Waals surface area contributed by atoms with E-state index in [0.29, 0.717) is 16.9 Å². The largest absolute Gasteiger partial charge is 0.342 e. The highest BCUT2D eigenvalue weighted by molar-refractivity contribution is 6.04. The highest BCUT2D eigenvalue weighted by Crippen LogP contribution is 2.30. The van der Waals surface area contributed by atoms with E-state index in [4.69, 9.17) is 18.6 Å². The zero-order chi connectivity index (χ0) is 23.2. The van der Waals surface area contributed by atoms with Crippen molar-refractivity contribution in [3.63, 3.8) is 0 Å². The van der Waals surface area contributed by atoms with Crippen LogP contribution >= 0.6 is 0 Å². The molecule has 1 aromatic heterocycles. The SMILES string of the molecule is Cc1c(NC(=O)c2ccccc2)cc([N+](=O)[O-])c(-c2ccccc2)[n+]1C.[O-][Cl+3]([O-])([O-])[O-]. The van der Waals surface area contributed by atoms with E-state index in [1.54, 1.807) is 35.9 Å². The molecule has 1 N–H and O–H groups in total. The Hall–Kier alpha value is -3.41. The summed E-state index contributed by atoms with van der Waals surface area (Å²) >= 11 is 0. The Morgan fingerprint density at radius 3 is 1.94 bits per heavy atom. The van der Waals surface area contributed by atoms with Crippen LogP contribution in [0.5, 0.6) is 0 Å². The van der Waals surface area contributed by atoms with Gasteiger partial charge in [-0.25, -0.2) is 18.6 Å². The fourth-order valence-electron chi connectivity index (χ4n) is 2.82. The van der Waals surface area contributed by atoms with E-state index in [0.717, 1.165) is 11.3 Å². The summed E-state index contributed by atoms with van der Waals surface area (Å²) in [6.45, 7) is 1.82. The van der Waals surface area contributed by atoms with Crippen molar-refractivity contribution in [2.24, 2.45) is 7.05 Å². The molecule has 1 amide bonds. The van der Waals surface area contributed by atoms with Gasteiger partial charge in [-0.2, -0.15) is 4.57 Å². The minimum atomic E-state index is -4.94. The first-order valence-electron chi connectivity index (χ1n) is 8.70. The molecule has 0 radical (unpaired) electrons. The smallest absolute Gasteiger partial charge is 0.317 e. The predicted molar refractivity (Wildman–Crippen MR) is 98.8 cm³/mol. The molecule has 0 saturated carbocycles. The first-order valence-corrected chi connectivity index (χ1v) is 9.94. The van der Waals surface area contributed by atoms with Gasteiger partial charge in [-0.05, 0) is 24.3 Å². The van der Waals surface area contributed by atoms with Gasteiger partial charge in [0.1, 0.15) is 12.7 Å². The molecule has 10 nitrogen and oxygen atoms in total. The van der Waals surface area contributed by atoms with Crippen LogP contribution < -0.4 is 28.5 Å². The number of nitrogens with one attached hydrogen (secondary N) is 1. The number of hydrogen-bond donors (Lipinski definition) is 1. The van der Waals surface area contributed by atoms with E-state index >= 15 is 0 Å². The molecule has 0 spiro atoms. The average molecular weight is 448 g/mol. The van der Waals surface area contributed by atoms with Crippen molar-refractivity contribution in [3.05, 3.63) is 88.1 Å². The summed E-state index contributed by atoms with van der Waals surface area (Å²) in [5.74, 6) is -0.310. The standard InChI is InChI=1S/C20H17N3O3.ClHO4/c1-14-17(21-20(24)16-11-7-4-8-12-16)13-18(23(25)26)19(22(14)2)15-9-5-3-6-10-15;2-1(3,4)5/h3-13H,1-2H3;(H,2,3,4,5). The molecule has 0 saturated heterocycles. The van der Waals surface area contributed by atoms with Gasteiger partial charge in [0.05, 0.1) is 16.6 Å². The molecule has 0 fully saturated rings. The molecular formula is C20H18ClN3O7. The lowest BCUT2D eigenvalue weighted by Gasteiger charge is -2.17. The predicted octanol–water partition coefficient (Wildman–Crippen LogP) is -1.11. The van der Waals surface area contributed by atoms with Crippen LogP contribution in [0, 0.1) is 27.3 Å². The van der Waals surface area contributed by atoms with Crippen molar-refractivity contribution in [2.45, 2.75) is 6.92 Å². The van der Waals surface area contributed by atoms with Crippen molar-refractivity contribution < 1.29 is 43.2 Å². The molecule has 0 aliphatic carbocycles. The number of benzene rings is 2. The van der Waals surface area contributed by atoms with Crippen LogP contribution in [-0.4, -0.2) is 10.8 Å². The molecule has 3 rings (SSSR count). The summed E-state index contributed by atoms with van der Waals surface area (Å²) < 4.78 is 35.7. The van der Waals surface area contributed by atoms with E-state index in [1.807, 2.05) is 43.3 Å². The van der Waals surface area contributed by atoms with Gasteiger partial charge in [0, 0.05) is 12.5 Å². The Labute approximate surface area is 179 Å². The van der Waals surface area contributed by atoms with E-state index in [9.17, 15) is 14.9 Å². The molecule has 0 aliphatic rings. The van der Waals surface area contributed by atoms with Gasteiger partial charge in [0.15, 0.2) is 0 Å². The second kappa shape index (κ2) is 10.1. The molecule has 162 valence electrons. The van der Waals surface area contributed by atoms with Crippen LogP contribution in [-0.2, 0) is 7.05 Å². The van der Waals surface area contributed by atoms with E-state index in [1.165, 1.54) is 6.07 Å². The van der Waals surface area contributed by atoms with Crippen LogP contribution in [0.3, 0.4) is 0 Å². The summed E-state index contributed by atoms with van der Waals surface area (Å²) in [6.07, 6.45) is 0. The Bertz CT molecular complexity index is 1070. The molecule has 0 atom stereocenters. The van der Waals surface area contributed by atoms with Crippen molar-refractivity contribution in [1.82, 2.24) is 0 Å². The highest BCUT2D eigenvalue weighted by atomic mass is 35.7.